The molecule has 0 fully saturated rings. The molecule has 0 bridgehead atoms. The summed E-state index contributed by atoms with van der Waals surface area (Å²) < 4.78 is 5.45. The first-order valence-electron chi connectivity index (χ1n) is 6.80. The number of benzene rings is 1. The zero-order valence-corrected chi connectivity index (χ0v) is 12.2. The Balaban J connectivity index is 2.10. The predicted octanol–water partition coefficient (Wildman–Crippen LogP) is 3.70. The highest BCUT2D eigenvalue weighted by Gasteiger charge is 2.09. The van der Waals surface area contributed by atoms with Crippen molar-refractivity contribution in [2.75, 3.05) is 6.54 Å². The van der Waals surface area contributed by atoms with Gasteiger partial charge in [0.15, 0.2) is 5.76 Å². The summed E-state index contributed by atoms with van der Waals surface area (Å²) in [4.78, 5) is 0. The molecule has 3 nitrogen and oxygen atoms in total. The molecule has 0 aliphatic heterocycles. The number of nitrogens with zero attached hydrogens (tertiary/aromatic N) is 1. The minimum atomic E-state index is 0.644. The van der Waals surface area contributed by atoms with Crippen molar-refractivity contribution in [2.45, 2.75) is 34.2 Å². The molecule has 19 heavy (non-hydrogen) atoms. The second kappa shape index (κ2) is 6.02. The molecule has 0 saturated carbocycles. The molecule has 2 aromatic rings. The molecule has 0 aliphatic carbocycles. The Kier molecular flexibility index (Phi) is 4.38. The Morgan fingerprint density at radius 2 is 2.00 bits per heavy atom. The molecule has 0 atom stereocenters. The highest BCUT2D eigenvalue weighted by molar-refractivity contribution is 5.62. The van der Waals surface area contributed by atoms with Crippen LogP contribution in [0.1, 0.15) is 30.7 Å². The zero-order chi connectivity index (χ0) is 13.8. The Labute approximate surface area is 115 Å². The molecule has 1 aromatic heterocycles. The molecule has 0 spiro atoms. The molecule has 0 saturated heterocycles. The lowest BCUT2D eigenvalue weighted by Crippen LogP contribution is -2.18. The molecule has 102 valence electrons. The van der Waals surface area contributed by atoms with E-state index in [9.17, 15) is 0 Å². The summed E-state index contributed by atoms with van der Waals surface area (Å²) in [5.74, 6) is 1.49. The third kappa shape index (κ3) is 3.67. The van der Waals surface area contributed by atoms with E-state index >= 15 is 0 Å². The Morgan fingerprint density at radius 1 is 1.21 bits per heavy atom. The average molecular weight is 258 g/mol. The molecular weight excluding hydrogens is 236 g/mol. The van der Waals surface area contributed by atoms with Crippen LogP contribution < -0.4 is 5.32 Å². The number of nitrogens with one attached hydrogen (secondary N) is 1. The van der Waals surface area contributed by atoms with Crippen LogP contribution >= 0.6 is 0 Å². The van der Waals surface area contributed by atoms with Crippen molar-refractivity contribution in [3.63, 3.8) is 0 Å². The van der Waals surface area contributed by atoms with Crippen LogP contribution in [0, 0.1) is 19.8 Å². The van der Waals surface area contributed by atoms with Crippen LogP contribution in [0.2, 0.25) is 0 Å². The van der Waals surface area contributed by atoms with E-state index in [0.717, 1.165) is 30.1 Å². The number of aromatic nitrogens is 1. The summed E-state index contributed by atoms with van der Waals surface area (Å²) in [5.41, 5.74) is 4.53. The van der Waals surface area contributed by atoms with E-state index in [0.29, 0.717) is 5.92 Å². The second-order valence-electron chi connectivity index (χ2n) is 5.53. The standard InChI is InChI=1S/C16H22N2O/c1-11(2)9-17-10-14-8-16(19-18-14)15-7-12(3)5-6-13(15)4/h5-8,11,17H,9-10H2,1-4H3. The molecule has 1 aromatic carbocycles. The Morgan fingerprint density at radius 3 is 2.74 bits per heavy atom. The summed E-state index contributed by atoms with van der Waals surface area (Å²) in [7, 11) is 0. The van der Waals surface area contributed by atoms with Gasteiger partial charge in [0.2, 0.25) is 0 Å². The fourth-order valence-electron chi connectivity index (χ4n) is 2.01. The summed E-state index contributed by atoms with van der Waals surface area (Å²) in [5, 5.41) is 7.49. The number of rotatable bonds is 5. The molecule has 1 N–H and O–H groups in total. The summed E-state index contributed by atoms with van der Waals surface area (Å²) in [6.07, 6.45) is 0. The molecule has 0 amide bonds. The van der Waals surface area contributed by atoms with Crippen LogP contribution in [0.25, 0.3) is 11.3 Å². The van der Waals surface area contributed by atoms with E-state index in [4.69, 9.17) is 4.52 Å². The molecule has 3 heteroatoms. The second-order valence-corrected chi connectivity index (χ2v) is 5.53. The Bertz CT molecular complexity index is 543. The minimum Gasteiger partial charge on any atom is -0.356 e. The van der Waals surface area contributed by atoms with E-state index in [-0.39, 0.29) is 0 Å². The zero-order valence-electron chi connectivity index (χ0n) is 12.2. The van der Waals surface area contributed by atoms with Gasteiger partial charge in [-0.3, -0.25) is 0 Å². The summed E-state index contributed by atoms with van der Waals surface area (Å²) in [6.45, 7) is 10.3. The van der Waals surface area contributed by atoms with Crippen LogP contribution in [0.15, 0.2) is 28.8 Å². The Hall–Kier alpha value is -1.61. The first-order valence-corrected chi connectivity index (χ1v) is 6.80. The molecule has 0 radical (unpaired) electrons. The van der Waals surface area contributed by atoms with Crippen LogP contribution in [0.3, 0.4) is 0 Å². The summed E-state index contributed by atoms with van der Waals surface area (Å²) >= 11 is 0. The van der Waals surface area contributed by atoms with Gasteiger partial charge in [-0.25, -0.2) is 0 Å². The third-order valence-electron chi connectivity index (χ3n) is 3.08. The topological polar surface area (TPSA) is 38.1 Å². The maximum absolute atomic E-state index is 5.45. The van der Waals surface area contributed by atoms with Gasteiger partial charge in [-0.05, 0) is 37.9 Å². The van der Waals surface area contributed by atoms with E-state index in [1.54, 1.807) is 0 Å². The lowest BCUT2D eigenvalue weighted by molar-refractivity contribution is 0.418. The normalized spacial score (nSPS) is 11.2. The first kappa shape index (κ1) is 13.8. The minimum absolute atomic E-state index is 0.644. The number of hydrogen-bond donors (Lipinski definition) is 1. The fourth-order valence-corrected chi connectivity index (χ4v) is 2.01. The van der Waals surface area contributed by atoms with Gasteiger partial charge in [0.25, 0.3) is 0 Å². The van der Waals surface area contributed by atoms with Crippen molar-refractivity contribution in [1.29, 1.82) is 0 Å². The van der Waals surface area contributed by atoms with Gasteiger partial charge in [0.1, 0.15) is 0 Å². The molecule has 2 rings (SSSR count). The molecule has 0 aliphatic rings. The summed E-state index contributed by atoms with van der Waals surface area (Å²) in [6, 6.07) is 8.39. The highest BCUT2D eigenvalue weighted by Crippen LogP contribution is 2.25. The molecular formula is C16H22N2O. The van der Waals surface area contributed by atoms with Gasteiger partial charge in [0, 0.05) is 18.2 Å². The monoisotopic (exact) mass is 258 g/mol. The van der Waals surface area contributed by atoms with E-state index < -0.39 is 0 Å². The van der Waals surface area contributed by atoms with Crippen molar-refractivity contribution < 1.29 is 4.52 Å². The van der Waals surface area contributed by atoms with Crippen molar-refractivity contribution in [2.24, 2.45) is 5.92 Å². The lowest BCUT2D eigenvalue weighted by Gasteiger charge is -2.04. The molecule has 1 heterocycles. The maximum Gasteiger partial charge on any atom is 0.167 e. The average Bonchev–Trinajstić information content (AvgIpc) is 2.80. The SMILES string of the molecule is Cc1ccc(C)c(-c2cc(CNCC(C)C)no2)c1. The van der Waals surface area contributed by atoms with Crippen molar-refractivity contribution >= 4 is 0 Å². The van der Waals surface area contributed by atoms with E-state index in [1.165, 1.54) is 11.1 Å². The fraction of sp³-hybridized carbons (Fsp3) is 0.438. The highest BCUT2D eigenvalue weighted by atomic mass is 16.5. The smallest absolute Gasteiger partial charge is 0.167 e. The van der Waals surface area contributed by atoms with Crippen LogP contribution in [-0.2, 0) is 6.54 Å². The number of aryl methyl sites for hydroxylation is 2. The molecule has 0 unspecified atom stereocenters. The predicted molar refractivity (Wildman–Crippen MR) is 78.0 cm³/mol. The van der Waals surface area contributed by atoms with Gasteiger partial charge >= 0.3 is 0 Å². The van der Waals surface area contributed by atoms with Gasteiger partial charge in [-0.15, -0.1) is 0 Å². The van der Waals surface area contributed by atoms with Crippen molar-refractivity contribution in [3.8, 4) is 11.3 Å². The number of hydrogen-bond acceptors (Lipinski definition) is 3. The lowest BCUT2D eigenvalue weighted by atomic mass is 10.0. The van der Waals surface area contributed by atoms with E-state index in [1.807, 2.05) is 6.07 Å². The largest absolute Gasteiger partial charge is 0.356 e. The van der Waals surface area contributed by atoms with Crippen LogP contribution in [0.4, 0.5) is 0 Å². The van der Waals surface area contributed by atoms with Gasteiger partial charge < -0.3 is 9.84 Å². The van der Waals surface area contributed by atoms with E-state index in [2.05, 4.69) is 56.4 Å². The van der Waals surface area contributed by atoms with Crippen LogP contribution in [-0.4, -0.2) is 11.7 Å². The van der Waals surface area contributed by atoms with Gasteiger partial charge in [-0.1, -0.05) is 36.7 Å². The third-order valence-corrected chi connectivity index (χ3v) is 3.08. The van der Waals surface area contributed by atoms with Crippen LogP contribution in [0.5, 0.6) is 0 Å². The van der Waals surface area contributed by atoms with Crippen molar-refractivity contribution in [3.05, 3.63) is 41.1 Å². The van der Waals surface area contributed by atoms with Crippen molar-refractivity contribution in [1.82, 2.24) is 10.5 Å². The maximum atomic E-state index is 5.45. The first-order chi connectivity index (χ1) is 9.06. The van der Waals surface area contributed by atoms with Gasteiger partial charge in [-0.2, -0.15) is 0 Å². The quantitative estimate of drug-likeness (QED) is 0.888. The van der Waals surface area contributed by atoms with Gasteiger partial charge in [0.05, 0.1) is 5.69 Å².